The summed E-state index contributed by atoms with van der Waals surface area (Å²) in [7, 11) is 0. The monoisotopic (exact) mass is 515 g/mol. The first-order valence-electron chi connectivity index (χ1n) is 10.0. The molecule has 1 atom stereocenters. The van der Waals surface area contributed by atoms with E-state index in [1.807, 2.05) is 6.07 Å². The fourth-order valence-corrected chi connectivity index (χ4v) is 5.15. The summed E-state index contributed by atoms with van der Waals surface area (Å²) in [6.45, 7) is 0.0727. The molecule has 1 N–H and O–H groups in total. The molecule has 6 nitrogen and oxygen atoms in total. The minimum absolute atomic E-state index is 0.0727. The molecule has 0 aliphatic carbocycles. The highest BCUT2D eigenvalue weighted by molar-refractivity contribution is 8.05. The highest BCUT2D eigenvalue weighted by Crippen LogP contribution is 2.42. The zero-order valence-corrected chi connectivity index (χ0v) is 19.8. The molecular weight excluding hydrogens is 500 g/mol. The molecule has 4 rings (SSSR count). The van der Waals surface area contributed by atoms with Crippen LogP contribution in [0, 0.1) is 17.1 Å². The molecule has 0 saturated carbocycles. The fraction of sp³-hybridized carbons (Fsp3) is 0.125. The Kier molecular flexibility index (Phi) is 7.27. The number of furan rings is 1. The highest BCUT2D eigenvalue weighted by Gasteiger charge is 2.41. The number of halogens is 3. The van der Waals surface area contributed by atoms with Crippen LogP contribution in [0.5, 0.6) is 0 Å². The Balaban J connectivity index is 1.69. The van der Waals surface area contributed by atoms with Gasteiger partial charge in [0.1, 0.15) is 28.2 Å². The zero-order valence-electron chi connectivity index (χ0n) is 17.4. The molecule has 1 aliphatic heterocycles. The number of thioether (sulfide) groups is 1. The van der Waals surface area contributed by atoms with Crippen molar-refractivity contribution in [3.05, 3.63) is 98.6 Å². The zero-order chi connectivity index (χ0) is 24.2. The second-order valence-corrected chi connectivity index (χ2v) is 9.29. The lowest BCUT2D eigenvalue weighted by atomic mass is 10.1. The van der Waals surface area contributed by atoms with Crippen LogP contribution < -0.4 is 10.2 Å². The number of hydrogen-bond donors (Lipinski definition) is 1. The summed E-state index contributed by atoms with van der Waals surface area (Å²) in [5.74, 6) is -0.984. The third kappa shape index (κ3) is 5.12. The van der Waals surface area contributed by atoms with Gasteiger partial charge >= 0.3 is 0 Å². The van der Waals surface area contributed by atoms with Gasteiger partial charge in [-0.25, -0.2) is 4.39 Å². The third-order valence-corrected chi connectivity index (χ3v) is 6.86. The molecule has 2 aromatic carbocycles. The van der Waals surface area contributed by atoms with Gasteiger partial charge < -0.3 is 9.73 Å². The van der Waals surface area contributed by atoms with Crippen molar-refractivity contribution in [2.24, 2.45) is 0 Å². The predicted octanol–water partition coefficient (Wildman–Crippen LogP) is 5.47. The van der Waals surface area contributed by atoms with Crippen molar-refractivity contribution in [3.63, 3.8) is 0 Å². The van der Waals surface area contributed by atoms with Crippen molar-refractivity contribution in [1.82, 2.24) is 5.32 Å². The standard InChI is InChI=1S/C24H16Cl2FN3O3S/c25-15-4-3-14(20(26)11-15)10-21-23(32)30(17-7-5-16(27)6-8-17)24(34-21)19(12-28)22(31)29-13-18-2-1-9-33-18/h1-9,11,21H,10,13H2,(H,29,31)/b24-19-/t21-/m0/s1. The van der Waals surface area contributed by atoms with Crippen LogP contribution in [0.4, 0.5) is 10.1 Å². The summed E-state index contributed by atoms with van der Waals surface area (Å²) in [5, 5.41) is 12.8. The quantitative estimate of drug-likeness (QED) is 0.347. The van der Waals surface area contributed by atoms with E-state index in [1.165, 1.54) is 35.4 Å². The Labute approximate surface area is 208 Å². The van der Waals surface area contributed by atoms with Crippen molar-refractivity contribution in [2.45, 2.75) is 18.2 Å². The van der Waals surface area contributed by atoms with Gasteiger partial charge in [0, 0.05) is 15.7 Å². The predicted molar refractivity (Wildman–Crippen MR) is 129 cm³/mol. The SMILES string of the molecule is N#C/C(C(=O)NCc1ccco1)=C1/S[C@@H](Cc2ccc(Cl)cc2Cl)C(=O)N1c1ccc(F)cc1. The lowest BCUT2D eigenvalue weighted by molar-refractivity contribution is -0.117. The molecule has 0 spiro atoms. The van der Waals surface area contributed by atoms with Gasteiger partial charge in [0.05, 0.1) is 18.1 Å². The minimum Gasteiger partial charge on any atom is -0.467 e. The summed E-state index contributed by atoms with van der Waals surface area (Å²) in [6.07, 6.45) is 1.72. The number of amides is 2. The Bertz CT molecular complexity index is 1300. The molecule has 10 heteroatoms. The van der Waals surface area contributed by atoms with E-state index < -0.39 is 17.0 Å². The Hall–Kier alpha value is -3.25. The maximum Gasteiger partial charge on any atom is 0.265 e. The Morgan fingerprint density at radius 3 is 2.62 bits per heavy atom. The van der Waals surface area contributed by atoms with E-state index in [2.05, 4.69) is 5.32 Å². The highest BCUT2D eigenvalue weighted by atomic mass is 35.5. The molecule has 1 aromatic heterocycles. The van der Waals surface area contributed by atoms with Crippen LogP contribution in [-0.4, -0.2) is 17.1 Å². The van der Waals surface area contributed by atoms with Gasteiger partial charge in [-0.3, -0.25) is 14.5 Å². The van der Waals surface area contributed by atoms with E-state index in [0.717, 1.165) is 11.8 Å². The molecule has 0 unspecified atom stereocenters. The van der Waals surface area contributed by atoms with Crippen molar-refractivity contribution in [2.75, 3.05) is 4.90 Å². The maximum absolute atomic E-state index is 13.5. The molecule has 3 aromatic rings. The van der Waals surface area contributed by atoms with Crippen molar-refractivity contribution < 1.29 is 18.4 Å². The summed E-state index contributed by atoms with van der Waals surface area (Å²) < 4.78 is 18.7. The Morgan fingerprint density at radius 1 is 1.21 bits per heavy atom. The van der Waals surface area contributed by atoms with Gasteiger partial charge in [0.15, 0.2) is 0 Å². The second-order valence-electron chi connectivity index (χ2n) is 7.25. The average molecular weight is 516 g/mol. The van der Waals surface area contributed by atoms with Crippen LogP contribution in [0.3, 0.4) is 0 Å². The van der Waals surface area contributed by atoms with E-state index in [0.29, 0.717) is 27.1 Å². The number of carbonyl (C=O) groups is 2. The third-order valence-electron chi connectivity index (χ3n) is 5.01. The molecule has 2 amide bonds. The molecule has 1 saturated heterocycles. The summed E-state index contributed by atoms with van der Waals surface area (Å²) in [6, 6.07) is 15.5. The minimum atomic E-state index is -0.667. The smallest absolute Gasteiger partial charge is 0.265 e. The van der Waals surface area contributed by atoms with Gasteiger partial charge in [-0.05, 0) is 60.5 Å². The van der Waals surface area contributed by atoms with Crippen LogP contribution in [0.1, 0.15) is 11.3 Å². The first kappa shape index (κ1) is 23.9. The van der Waals surface area contributed by atoms with Crippen molar-refractivity contribution in [3.8, 4) is 6.07 Å². The number of nitrogens with zero attached hydrogens (tertiary/aromatic N) is 2. The molecule has 2 heterocycles. The topological polar surface area (TPSA) is 86.3 Å². The van der Waals surface area contributed by atoms with Crippen LogP contribution in [-0.2, 0) is 22.6 Å². The van der Waals surface area contributed by atoms with Crippen molar-refractivity contribution in [1.29, 1.82) is 5.26 Å². The number of benzene rings is 2. The second kappa shape index (κ2) is 10.3. The number of nitriles is 1. The van der Waals surface area contributed by atoms with Gasteiger partial charge in [0.2, 0.25) is 5.91 Å². The first-order valence-corrected chi connectivity index (χ1v) is 11.7. The van der Waals surface area contributed by atoms with Crippen LogP contribution >= 0.6 is 35.0 Å². The lowest BCUT2D eigenvalue weighted by Crippen LogP contribution is -2.32. The van der Waals surface area contributed by atoms with E-state index in [1.54, 1.807) is 30.3 Å². The summed E-state index contributed by atoms with van der Waals surface area (Å²) in [5.41, 5.74) is 0.794. The number of rotatable bonds is 6. The molecule has 0 radical (unpaired) electrons. The number of nitrogens with one attached hydrogen (secondary N) is 1. The van der Waals surface area contributed by atoms with Crippen LogP contribution in [0.2, 0.25) is 10.0 Å². The molecule has 0 bridgehead atoms. The van der Waals surface area contributed by atoms with Gasteiger partial charge in [-0.2, -0.15) is 5.26 Å². The van der Waals surface area contributed by atoms with E-state index >= 15 is 0 Å². The summed E-state index contributed by atoms with van der Waals surface area (Å²) >= 11 is 13.4. The molecular formula is C24H16Cl2FN3O3S. The largest absolute Gasteiger partial charge is 0.467 e. The normalized spacial score (nSPS) is 16.9. The number of hydrogen-bond acceptors (Lipinski definition) is 5. The lowest BCUT2D eigenvalue weighted by Gasteiger charge is -2.18. The van der Waals surface area contributed by atoms with Crippen LogP contribution in [0.25, 0.3) is 0 Å². The molecule has 1 aliphatic rings. The molecule has 1 fully saturated rings. The van der Waals surface area contributed by atoms with Gasteiger partial charge in [0.25, 0.3) is 5.91 Å². The molecule has 172 valence electrons. The van der Waals surface area contributed by atoms with E-state index in [9.17, 15) is 19.2 Å². The first-order chi connectivity index (χ1) is 16.4. The van der Waals surface area contributed by atoms with Gasteiger partial charge in [-0.15, -0.1) is 0 Å². The fourth-order valence-electron chi connectivity index (χ4n) is 3.37. The van der Waals surface area contributed by atoms with Crippen molar-refractivity contribution >= 4 is 52.5 Å². The summed E-state index contributed by atoms with van der Waals surface area (Å²) in [4.78, 5) is 27.6. The van der Waals surface area contributed by atoms with E-state index in [4.69, 9.17) is 27.6 Å². The van der Waals surface area contributed by atoms with Crippen LogP contribution in [0.15, 0.2) is 75.9 Å². The van der Waals surface area contributed by atoms with E-state index in [-0.39, 0.29) is 29.5 Å². The maximum atomic E-state index is 13.5. The Morgan fingerprint density at radius 2 is 1.97 bits per heavy atom. The number of carbonyl (C=O) groups excluding carboxylic acids is 2. The molecule has 34 heavy (non-hydrogen) atoms. The average Bonchev–Trinajstić information content (AvgIpc) is 3.44. The number of anilines is 1. The van der Waals surface area contributed by atoms with Gasteiger partial charge in [-0.1, -0.05) is 41.0 Å².